The quantitative estimate of drug-likeness (QED) is 0.859. The maximum absolute atomic E-state index is 13.1. The van der Waals surface area contributed by atoms with E-state index in [9.17, 15) is 17.6 Å². The second kappa shape index (κ2) is 7.48. The number of amides is 1. The smallest absolute Gasteiger partial charge is 0.243 e. The Balaban J connectivity index is 2.14. The van der Waals surface area contributed by atoms with E-state index in [1.165, 1.54) is 31.2 Å². The molecule has 1 aliphatic rings. The number of benzene rings is 1. The number of carbonyl (C=O) groups excluding carboxylic acids is 1. The molecule has 1 fully saturated rings. The van der Waals surface area contributed by atoms with E-state index < -0.39 is 21.9 Å². The van der Waals surface area contributed by atoms with E-state index in [4.69, 9.17) is 0 Å². The first-order valence-corrected chi connectivity index (χ1v) is 9.77. The molecule has 0 bridgehead atoms. The summed E-state index contributed by atoms with van der Waals surface area (Å²) in [4.78, 5) is 14.7. The number of carbonyl (C=O) groups is 1. The van der Waals surface area contributed by atoms with Crippen molar-refractivity contribution >= 4 is 21.6 Å². The number of hydrogen-bond donors (Lipinski definition) is 1. The molecule has 1 atom stereocenters. The van der Waals surface area contributed by atoms with Gasteiger partial charge in [0.05, 0.1) is 11.9 Å². The average Bonchev–Trinajstić information content (AvgIpc) is 2.50. The molecule has 0 radical (unpaired) electrons. The molecule has 0 aliphatic carbocycles. The van der Waals surface area contributed by atoms with Crippen LogP contribution in [0.1, 0.15) is 19.8 Å². The van der Waals surface area contributed by atoms with E-state index >= 15 is 0 Å². The van der Waals surface area contributed by atoms with Crippen molar-refractivity contribution in [2.24, 2.45) is 0 Å². The number of piperidine rings is 1. The molecule has 0 unspecified atom stereocenters. The van der Waals surface area contributed by atoms with Crippen molar-refractivity contribution in [3.8, 4) is 0 Å². The van der Waals surface area contributed by atoms with Gasteiger partial charge in [-0.05, 0) is 64.2 Å². The van der Waals surface area contributed by atoms with Gasteiger partial charge in [0.15, 0.2) is 0 Å². The molecule has 2 rings (SSSR count). The van der Waals surface area contributed by atoms with E-state index in [1.807, 2.05) is 7.05 Å². The second-order valence-electron chi connectivity index (χ2n) is 6.30. The molecule has 0 aromatic heterocycles. The predicted molar refractivity (Wildman–Crippen MR) is 91.8 cm³/mol. The minimum atomic E-state index is -3.68. The van der Waals surface area contributed by atoms with Gasteiger partial charge in [0.1, 0.15) is 11.9 Å². The molecule has 24 heavy (non-hydrogen) atoms. The largest absolute Gasteiger partial charge is 0.351 e. The van der Waals surface area contributed by atoms with Crippen molar-refractivity contribution in [1.82, 2.24) is 10.2 Å². The molecular weight excluding hydrogens is 333 g/mol. The monoisotopic (exact) mass is 357 g/mol. The Morgan fingerprint density at radius 3 is 2.33 bits per heavy atom. The standard InChI is InChI=1S/C16H24FN3O3S/c1-12(16(21)18-14-8-10-19(2)11-9-14)20(24(3,22)23)15-6-4-13(17)5-7-15/h4-7,12,14H,8-11H2,1-3H3,(H,18,21)/t12-/m0/s1. The molecule has 0 saturated carbocycles. The van der Waals surface area contributed by atoms with Crippen LogP contribution >= 0.6 is 0 Å². The summed E-state index contributed by atoms with van der Waals surface area (Å²) in [5, 5.41) is 2.93. The minimum Gasteiger partial charge on any atom is -0.351 e. The Kier molecular flexibility index (Phi) is 5.82. The van der Waals surface area contributed by atoms with E-state index in [1.54, 1.807) is 0 Å². The first kappa shape index (κ1) is 18.7. The lowest BCUT2D eigenvalue weighted by Crippen LogP contribution is -2.52. The minimum absolute atomic E-state index is 0.0470. The fourth-order valence-electron chi connectivity index (χ4n) is 2.87. The van der Waals surface area contributed by atoms with Crippen LogP contribution in [0.25, 0.3) is 0 Å². The molecule has 1 N–H and O–H groups in total. The maximum Gasteiger partial charge on any atom is 0.243 e. The number of halogens is 1. The lowest BCUT2D eigenvalue weighted by molar-refractivity contribution is -0.122. The lowest BCUT2D eigenvalue weighted by Gasteiger charge is -2.32. The third-order valence-corrected chi connectivity index (χ3v) is 5.48. The second-order valence-corrected chi connectivity index (χ2v) is 8.16. The Hall–Kier alpha value is -1.67. The van der Waals surface area contributed by atoms with E-state index in [0.29, 0.717) is 0 Å². The number of rotatable bonds is 5. The Morgan fingerprint density at radius 2 is 1.83 bits per heavy atom. The first-order chi connectivity index (χ1) is 11.2. The number of nitrogens with one attached hydrogen (secondary N) is 1. The Morgan fingerprint density at radius 1 is 1.29 bits per heavy atom. The highest BCUT2D eigenvalue weighted by molar-refractivity contribution is 7.92. The van der Waals surface area contributed by atoms with Gasteiger partial charge in [0.2, 0.25) is 15.9 Å². The molecule has 1 aromatic rings. The molecule has 1 amide bonds. The number of likely N-dealkylation sites (tertiary alicyclic amines) is 1. The molecule has 6 nitrogen and oxygen atoms in total. The zero-order valence-corrected chi connectivity index (χ0v) is 15.0. The summed E-state index contributed by atoms with van der Waals surface area (Å²) in [5.41, 5.74) is 0.268. The number of nitrogens with zero attached hydrogens (tertiary/aromatic N) is 2. The van der Waals surface area contributed by atoms with E-state index in [-0.39, 0.29) is 17.6 Å². The third kappa shape index (κ3) is 4.67. The van der Waals surface area contributed by atoms with Crippen molar-refractivity contribution < 1.29 is 17.6 Å². The molecular formula is C16H24FN3O3S. The van der Waals surface area contributed by atoms with Crippen LogP contribution in [0.3, 0.4) is 0 Å². The van der Waals surface area contributed by atoms with Crippen LogP contribution in [0.4, 0.5) is 10.1 Å². The predicted octanol–water partition coefficient (Wildman–Crippen LogP) is 1.19. The van der Waals surface area contributed by atoms with Gasteiger partial charge >= 0.3 is 0 Å². The summed E-state index contributed by atoms with van der Waals surface area (Å²) in [6, 6.07) is 4.20. The van der Waals surface area contributed by atoms with Crippen molar-refractivity contribution in [2.75, 3.05) is 30.7 Å². The Bertz CT molecular complexity index is 670. The topological polar surface area (TPSA) is 69.7 Å². The van der Waals surface area contributed by atoms with E-state index in [0.717, 1.165) is 36.5 Å². The van der Waals surface area contributed by atoms with Crippen LogP contribution in [-0.4, -0.2) is 57.7 Å². The van der Waals surface area contributed by atoms with Gasteiger partial charge in [-0.25, -0.2) is 12.8 Å². The zero-order chi connectivity index (χ0) is 17.9. The van der Waals surface area contributed by atoms with Gasteiger partial charge in [0, 0.05) is 6.04 Å². The van der Waals surface area contributed by atoms with Crippen molar-refractivity contribution in [1.29, 1.82) is 0 Å². The molecule has 0 spiro atoms. The van der Waals surface area contributed by atoms with Crippen LogP contribution in [0.2, 0.25) is 0 Å². The van der Waals surface area contributed by atoms with Gasteiger partial charge in [-0.15, -0.1) is 0 Å². The highest BCUT2D eigenvalue weighted by Gasteiger charge is 2.30. The summed E-state index contributed by atoms with van der Waals surface area (Å²) >= 11 is 0. The van der Waals surface area contributed by atoms with E-state index in [2.05, 4.69) is 10.2 Å². The van der Waals surface area contributed by atoms with Crippen LogP contribution in [-0.2, 0) is 14.8 Å². The van der Waals surface area contributed by atoms with Crippen molar-refractivity contribution in [2.45, 2.75) is 31.8 Å². The lowest BCUT2D eigenvalue weighted by atomic mass is 10.1. The highest BCUT2D eigenvalue weighted by atomic mass is 32.2. The fraction of sp³-hybridized carbons (Fsp3) is 0.562. The molecule has 1 aromatic carbocycles. The number of anilines is 1. The molecule has 1 saturated heterocycles. The molecule has 1 heterocycles. The van der Waals surface area contributed by atoms with Gasteiger partial charge in [-0.3, -0.25) is 9.10 Å². The first-order valence-electron chi connectivity index (χ1n) is 7.92. The molecule has 1 aliphatic heterocycles. The van der Waals surface area contributed by atoms with Crippen LogP contribution in [0.15, 0.2) is 24.3 Å². The van der Waals surface area contributed by atoms with Crippen molar-refractivity contribution in [3.05, 3.63) is 30.1 Å². The van der Waals surface area contributed by atoms with Gasteiger partial charge < -0.3 is 10.2 Å². The average molecular weight is 357 g/mol. The van der Waals surface area contributed by atoms with Crippen LogP contribution in [0, 0.1) is 5.82 Å². The molecule has 134 valence electrons. The highest BCUT2D eigenvalue weighted by Crippen LogP contribution is 2.21. The third-order valence-electron chi connectivity index (χ3n) is 4.23. The Labute approximate surface area is 142 Å². The van der Waals surface area contributed by atoms with Crippen molar-refractivity contribution in [3.63, 3.8) is 0 Å². The zero-order valence-electron chi connectivity index (χ0n) is 14.2. The summed E-state index contributed by atoms with van der Waals surface area (Å²) in [6.45, 7) is 3.33. The van der Waals surface area contributed by atoms with Gasteiger partial charge in [-0.1, -0.05) is 0 Å². The van der Waals surface area contributed by atoms with Crippen LogP contribution < -0.4 is 9.62 Å². The molecule has 8 heteroatoms. The maximum atomic E-state index is 13.1. The number of hydrogen-bond acceptors (Lipinski definition) is 4. The summed E-state index contributed by atoms with van der Waals surface area (Å²) < 4.78 is 38.4. The number of sulfonamides is 1. The summed E-state index contributed by atoms with van der Waals surface area (Å²) in [5.74, 6) is -0.810. The fourth-order valence-corrected chi connectivity index (χ4v) is 4.05. The summed E-state index contributed by atoms with van der Waals surface area (Å²) in [6.07, 6.45) is 2.71. The van der Waals surface area contributed by atoms with Crippen LogP contribution in [0.5, 0.6) is 0 Å². The normalized spacial score (nSPS) is 18.2. The van der Waals surface area contributed by atoms with Gasteiger partial charge in [-0.2, -0.15) is 0 Å². The SMILES string of the molecule is C[C@@H](C(=O)NC1CCN(C)CC1)N(c1ccc(F)cc1)S(C)(=O)=O. The summed E-state index contributed by atoms with van der Waals surface area (Å²) in [7, 11) is -1.65. The van der Waals surface area contributed by atoms with Gasteiger partial charge in [0.25, 0.3) is 0 Å².